The summed E-state index contributed by atoms with van der Waals surface area (Å²) in [5, 5.41) is 8.19. The van der Waals surface area contributed by atoms with Gasteiger partial charge in [0.25, 0.3) is 0 Å². The number of rotatable bonds is 4. The molecule has 0 heterocycles. The lowest BCUT2D eigenvalue weighted by atomic mass is 10.2. The molecule has 13 heavy (non-hydrogen) atoms. The van der Waals surface area contributed by atoms with Crippen LogP contribution in [-0.4, -0.2) is 19.8 Å². The Labute approximate surface area is 79.9 Å². The predicted molar refractivity (Wildman–Crippen MR) is 54.0 cm³/mol. The van der Waals surface area contributed by atoms with Gasteiger partial charge in [-0.25, -0.2) is 0 Å². The van der Waals surface area contributed by atoms with Crippen molar-refractivity contribution in [2.75, 3.05) is 0 Å². The van der Waals surface area contributed by atoms with E-state index >= 15 is 0 Å². The largest absolute Gasteiger partial charge is 0.516 e. The van der Waals surface area contributed by atoms with Crippen LogP contribution in [0.1, 0.15) is 26.2 Å². The molecule has 0 aliphatic carbocycles. The minimum atomic E-state index is -2.62. The summed E-state index contributed by atoms with van der Waals surface area (Å²) < 4.78 is 0. The van der Waals surface area contributed by atoms with Gasteiger partial charge in [-0.15, -0.1) is 0 Å². The number of aliphatic hydroxyl groups excluding tert-OH is 1. The fourth-order valence-electron chi connectivity index (χ4n) is 0.546. The SMILES string of the molecule is CCCCC=CC=CO.OP(O)O. The highest BCUT2D eigenvalue weighted by Crippen LogP contribution is 2.11. The van der Waals surface area contributed by atoms with Gasteiger partial charge in [0.2, 0.25) is 0 Å². The molecular weight excluding hydrogens is 191 g/mol. The lowest BCUT2D eigenvalue weighted by Gasteiger charge is -1.84. The molecule has 0 unspecified atom stereocenters. The Kier molecular flexibility index (Phi) is 16.4. The normalized spacial score (nSPS) is 10.8. The van der Waals surface area contributed by atoms with Gasteiger partial charge in [-0.2, -0.15) is 0 Å². The van der Waals surface area contributed by atoms with E-state index in [2.05, 4.69) is 13.0 Å². The number of unbranched alkanes of at least 4 members (excludes halogenated alkanes) is 2. The van der Waals surface area contributed by atoms with E-state index in [-0.39, 0.29) is 0 Å². The maximum atomic E-state index is 8.19. The van der Waals surface area contributed by atoms with Crippen molar-refractivity contribution in [3.05, 3.63) is 24.5 Å². The van der Waals surface area contributed by atoms with E-state index in [0.29, 0.717) is 0 Å². The molecule has 0 fully saturated rings. The molecule has 0 aliphatic rings. The molecular formula is C8H17O4P. The molecule has 0 saturated heterocycles. The Morgan fingerprint density at radius 3 is 2.08 bits per heavy atom. The Bertz CT molecular complexity index is 131. The van der Waals surface area contributed by atoms with Crippen LogP contribution in [0.4, 0.5) is 0 Å². The zero-order valence-corrected chi connectivity index (χ0v) is 8.56. The van der Waals surface area contributed by atoms with Gasteiger partial charge in [-0.3, -0.25) is 0 Å². The summed E-state index contributed by atoms with van der Waals surface area (Å²) in [4.78, 5) is 21.7. The molecule has 0 aliphatic heterocycles. The maximum Gasteiger partial charge on any atom is 0.324 e. The summed E-state index contributed by atoms with van der Waals surface area (Å²) in [5.41, 5.74) is 0. The fourth-order valence-corrected chi connectivity index (χ4v) is 0.546. The lowest BCUT2D eigenvalue weighted by molar-refractivity contribution is 0.368. The van der Waals surface area contributed by atoms with Crippen LogP contribution in [0.2, 0.25) is 0 Å². The van der Waals surface area contributed by atoms with Crippen molar-refractivity contribution in [2.24, 2.45) is 0 Å². The molecule has 0 aromatic heterocycles. The second kappa shape index (κ2) is 14.1. The Morgan fingerprint density at radius 2 is 1.69 bits per heavy atom. The highest BCUT2D eigenvalue weighted by molar-refractivity contribution is 7.38. The van der Waals surface area contributed by atoms with Crippen LogP contribution < -0.4 is 0 Å². The van der Waals surface area contributed by atoms with Crippen molar-refractivity contribution in [3.63, 3.8) is 0 Å². The standard InChI is InChI=1S/C8H14O.H3O3P/c1-2-3-4-5-6-7-8-9;1-4(2)3/h5-9H,2-4H2,1H3;1-3H. The summed E-state index contributed by atoms with van der Waals surface area (Å²) in [6.07, 6.45) is 10.1. The minimum Gasteiger partial charge on any atom is -0.516 e. The van der Waals surface area contributed by atoms with Crippen molar-refractivity contribution in [1.82, 2.24) is 0 Å². The van der Waals surface area contributed by atoms with E-state index in [0.717, 1.165) is 12.7 Å². The fraction of sp³-hybridized carbons (Fsp3) is 0.500. The first kappa shape index (κ1) is 15.1. The zero-order chi connectivity index (χ0) is 10.5. The summed E-state index contributed by atoms with van der Waals surface area (Å²) >= 11 is 0. The van der Waals surface area contributed by atoms with E-state index in [1.54, 1.807) is 6.08 Å². The van der Waals surface area contributed by atoms with Crippen LogP contribution in [0.25, 0.3) is 0 Å². The van der Waals surface area contributed by atoms with Gasteiger partial charge in [-0.1, -0.05) is 31.9 Å². The molecule has 0 rings (SSSR count). The molecule has 0 spiro atoms. The molecule has 5 heteroatoms. The van der Waals surface area contributed by atoms with Crippen LogP contribution in [-0.2, 0) is 0 Å². The Balaban J connectivity index is 0. The third kappa shape index (κ3) is 34.1. The van der Waals surface area contributed by atoms with Crippen molar-refractivity contribution < 1.29 is 19.8 Å². The zero-order valence-electron chi connectivity index (χ0n) is 7.67. The van der Waals surface area contributed by atoms with Crippen LogP contribution in [0, 0.1) is 0 Å². The lowest BCUT2D eigenvalue weighted by Crippen LogP contribution is -1.64. The van der Waals surface area contributed by atoms with Gasteiger partial charge in [0.15, 0.2) is 0 Å². The third-order valence-corrected chi connectivity index (χ3v) is 1.06. The number of allylic oxidation sites excluding steroid dienone is 3. The molecule has 78 valence electrons. The van der Waals surface area contributed by atoms with Gasteiger partial charge in [0.1, 0.15) is 0 Å². The monoisotopic (exact) mass is 208 g/mol. The molecule has 0 aromatic carbocycles. The quantitative estimate of drug-likeness (QED) is 0.246. The Hall–Kier alpha value is -0.410. The Morgan fingerprint density at radius 1 is 1.15 bits per heavy atom. The van der Waals surface area contributed by atoms with Crippen LogP contribution in [0.15, 0.2) is 24.5 Å². The second-order valence-electron chi connectivity index (χ2n) is 2.18. The van der Waals surface area contributed by atoms with Crippen LogP contribution in [0.3, 0.4) is 0 Å². The molecule has 0 atom stereocenters. The number of hydrogen-bond donors (Lipinski definition) is 4. The molecule has 0 amide bonds. The van der Waals surface area contributed by atoms with Crippen molar-refractivity contribution in [3.8, 4) is 0 Å². The van der Waals surface area contributed by atoms with E-state index in [1.165, 1.54) is 12.8 Å². The maximum absolute atomic E-state index is 8.19. The molecule has 4 nitrogen and oxygen atoms in total. The first-order chi connectivity index (χ1) is 6.15. The van der Waals surface area contributed by atoms with E-state index in [9.17, 15) is 0 Å². The first-order valence-corrected chi connectivity index (χ1v) is 5.17. The highest BCUT2D eigenvalue weighted by Gasteiger charge is 1.76. The van der Waals surface area contributed by atoms with Gasteiger partial charge in [0.05, 0.1) is 6.26 Å². The predicted octanol–water partition coefficient (Wildman–Crippen LogP) is 1.99. The van der Waals surface area contributed by atoms with Gasteiger partial charge >= 0.3 is 8.60 Å². The van der Waals surface area contributed by atoms with Crippen LogP contribution >= 0.6 is 8.60 Å². The third-order valence-electron chi connectivity index (χ3n) is 1.06. The summed E-state index contributed by atoms with van der Waals surface area (Å²) in [5.74, 6) is 0. The van der Waals surface area contributed by atoms with Gasteiger partial charge in [-0.05, 0) is 12.5 Å². The average molecular weight is 208 g/mol. The summed E-state index contributed by atoms with van der Waals surface area (Å²) in [7, 11) is -2.62. The number of aliphatic hydroxyl groups is 1. The highest BCUT2D eigenvalue weighted by atomic mass is 31.2. The first-order valence-electron chi connectivity index (χ1n) is 3.97. The molecule has 0 radical (unpaired) electrons. The smallest absolute Gasteiger partial charge is 0.324 e. The minimum absolute atomic E-state index is 1.04. The second-order valence-corrected chi connectivity index (χ2v) is 2.72. The van der Waals surface area contributed by atoms with E-state index in [4.69, 9.17) is 19.8 Å². The molecule has 4 N–H and O–H groups in total. The van der Waals surface area contributed by atoms with Crippen molar-refractivity contribution in [2.45, 2.75) is 26.2 Å². The molecule has 0 bridgehead atoms. The van der Waals surface area contributed by atoms with E-state index < -0.39 is 8.60 Å². The molecule has 0 aromatic rings. The summed E-state index contributed by atoms with van der Waals surface area (Å²) in [6.45, 7) is 2.16. The molecule has 0 saturated carbocycles. The van der Waals surface area contributed by atoms with Crippen LogP contribution in [0.5, 0.6) is 0 Å². The summed E-state index contributed by atoms with van der Waals surface area (Å²) in [6, 6.07) is 0. The van der Waals surface area contributed by atoms with Crippen molar-refractivity contribution in [1.29, 1.82) is 0 Å². The topological polar surface area (TPSA) is 80.9 Å². The van der Waals surface area contributed by atoms with Crippen molar-refractivity contribution >= 4 is 8.60 Å². The van der Waals surface area contributed by atoms with Gasteiger partial charge < -0.3 is 19.8 Å². The van der Waals surface area contributed by atoms with E-state index in [1.807, 2.05) is 6.08 Å². The average Bonchev–Trinajstić information content (AvgIpc) is 2.03. The van der Waals surface area contributed by atoms with Gasteiger partial charge in [0, 0.05) is 0 Å². The number of hydrogen-bond acceptors (Lipinski definition) is 4.